The van der Waals surface area contributed by atoms with Gasteiger partial charge in [-0.15, -0.1) is 0 Å². The number of methoxy groups -OCH3 is 1. The maximum absolute atomic E-state index is 13.8. The standard InChI is InChI=1S/C39H44N4O6/c1-26-22-33(31-16-11-17-32(23-31)43(47)48)35(37(46)49-4)27(2)42(26)38(40)39(3,25-44)24-34(45)41-20-18-30(19-21-41)36(28-12-7-5-8-13-28)29-14-9-6-10-15-29/h5-17,22-23,25,30,33,36,38H,18-21,24,40H2,1-4H3. The minimum Gasteiger partial charge on any atom is -0.466 e. The van der Waals surface area contributed by atoms with Crippen molar-refractivity contribution >= 4 is 23.9 Å². The van der Waals surface area contributed by atoms with Gasteiger partial charge in [-0.25, -0.2) is 4.79 Å². The van der Waals surface area contributed by atoms with Gasteiger partial charge in [0.2, 0.25) is 5.91 Å². The van der Waals surface area contributed by atoms with Gasteiger partial charge in [0.15, 0.2) is 0 Å². The van der Waals surface area contributed by atoms with Crippen molar-refractivity contribution in [2.45, 2.75) is 58.0 Å². The molecule has 0 bridgehead atoms. The van der Waals surface area contributed by atoms with Crippen LogP contribution in [0.1, 0.15) is 68.6 Å². The van der Waals surface area contributed by atoms with E-state index in [1.54, 1.807) is 43.9 Å². The Morgan fingerprint density at radius 3 is 2.12 bits per heavy atom. The number of benzene rings is 3. The molecule has 49 heavy (non-hydrogen) atoms. The summed E-state index contributed by atoms with van der Waals surface area (Å²) in [5, 5.41) is 11.5. The van der Waals surface area contributed by atoms with E-state index in [0.717, 1.165) is 19.1 Å². The Bertz CT molecular complexity index is 1710. The number of rotatable bonds is 11. The largest absolute Gasteiger partial charge is 0.466 e. The molecular weight excluding hydrogens is 620 g/mol. The van der Waals surface area contributed by atoms with Crippen LogP contribution in [0.4, 0.5) is 5.69 Å². The summed E-state index contributed by atoms with van der Waals surface area (Å²) >= 11 is 0. The fourth-order valence-electron chi connectivity index (χ4n) is 7.42. The molecule has 0 spiro atoms. The predicted molar refractivity (Wildman–Crippen MR) is 187 cm³/mol. The third kappa shape index (κ3) is 7.34. The number of hydrogen-bond donors (Lipinski definition) is 1. The first-order valence-corrected chi connectivity index (χ1v) is 16.6. The van der Waals surface area contributed by atoms with Gasteiger partial charge in [-0.05, 0) is 56.2 Å². The Hall–Kier alpha value is -5.09. The molecule has 0 radical (unpaired) electrons. The summed E-state index contributed by atoms with van der Waals surface area (Å²) in [6.07, 6.45) is 3.05. The molecule has 3 aromatic rings. The molecule has 256 valence electrons. The van der Waals surface area contributed by atoms with Crippen molar-refractivity contribution in [2.75, 3.05) is 20.2 Å². The van der Waals surface area contributed by atoms with E-state index >= 15 is 0 Å². The zero-order valence-corrected chi connectivity index (χ0v) is 28.5. The first-order valence-electron chi connectivity index (χ1n) is 16.6. The van der Waals surface area contributed by atoms with Crippen LogP contribution < -0.4 is 5.73 Å². The molecule has 3 atom stereocenters. The number of likely N-dealkylation sites (tertiary alicyclic amines) is 1. The lowest BCUT2D eigenvalue weighted by atomic mass is 9.76. The topological polar surface area (TPSA) is 136 Å². The van der Waals surface area contributed by atoms with E-state index in [-0.39, 0.29) is 29.5 Å². The van der Waals surface area contributed by atoms with Crippen LogP contribution in [-0.4, -0.2) is 59.3 Å². The summed E-state index contributed by atoms with van der Waals surface area (Å²) < 4.78 is 5.13. The summed E-state index contributed by atoms with van der Waals surface area (Å²) in [6.45, 7) is 6.32. The molecule has 5 rings (SSSR count). The third-order valence-corrected chi connectivity index (χ3v) is 10.1. The predicted octanol–water partition coefficient (Wildman–Crippen LogP) is 6.30. The number of nitro benzene ring substituents is 1. The maximum atomic E-state index is 13.8. The number of carbonyl (C=O) groups excluding carboxylic acids is 3. The molecule has 1 saturated heterocycles. The number of esters is 1. The summed E-state index contributed by atoms with van der Waals surface area (Å²) in [5.74, 6) is -0.852. The van der Waals surface area contributed by atoms with Crippen LogP contribution in [0, 0.1) is 21.4 Å². The highest BCUT2D eigenvalue weighted by molar-refractivity contribution is 5.92. The fourth-order valence-corrected chi connectivity index (χ4v) is 7.42. The number of non-ortho nitro benzene ring substituents is 1. The van der Waals surface area contributed by atoms with Crippen LogP contribution in [0.15, 0.2) is 108 Å². The maximum Gasteiger partial charge on any atom is 0.336 e. The van der Waals surface area contributed by atoms with Crippen molar-refractivity contribution in [3.05, 3.63) is 135 Å². The molecule has 2 aliphatic heterocycles. The zero-order chi connectivity index (χ0) is 35.3. The Balaban J connectivity index is 1.34. The molecular formula is C39H44N4O6. The van der Waals surface area contributed by atoms with E-state index in [1.165, 1.54) is 30.4 Å². The van der Waals surface area contributed by atoms with E-state index in [4.69, 9.17) is 10.5 Å². The van der Waals surface area contributed by atoms with Crippen LogP contribution >= 0.6 is 0 Å². The monoisotopic (exact) mass is 664 g/mol. The number of piperidine rings is 1. The minimum atomic E-state index is -1.31. The molecule has 1 fully saturated rings. The first kappa shape index (κ1) is 35.2. The first-order chi connectivity index (χ1) is 23.5. The van der Waals surface area contributed by atoms with Crippen LogP contribution in [0.3, 0.4) is 0 Å². The summed E-state index contributed by atoms with van der Waals surface area (Å²) in [7, 11) is 1.27. The van der Waals surface area contributed by atoms with Gasteiger partial charge in [-0.3, -0.25) is 14.9 Å². The number of nitrogens with two attached hydrogens (primary N) is 1. The van der Waals surface area contributed by atoms with E-state index in [9.17, 15) is 24.5 Å². The summed E-state index contributed by atoms with van der Waals surface area (Å²) in [4.78, 5) is 54.3. The number of hydrogen-bond acceptors (Lipinski definition) is 8. The minimum absolute atomic E-state index is 0.101. The second kappa shape index (κ2) is 15.0. The zero-order valence-electron chi connectivity index (χ0n) is 28.5. The van der Waals surface area contributed by atoms with Crippen molar-refractivity contribution in [3.8, 4) is 0 Å². The lowest BCUT2D eigenvalue weighted by Crippen LogP contribution is -2.55. The Morgan fingerprint density at radius 1 is 1.00 bits per heavy atom. The molecule has 10 nitrogen and oxygen atoms in total. The molecule has 0 aliphatic carbocycles. The summed E-state index contributed by atoms with van der Waals surface area (Å²) in [6, 6.07) is 27.0. The van der Waals surface area contributed by atoms with Crippen LogP contribution in [-0.2, 0) is 19.1 Å². The van der Waals surface area contributed by atoms with Crippen molar-refractivity contribution < 1.29 is 24.0 Å². The molecule has 0 saturated carbocycles. The molecule has 2 N–H and O–H groups in total. The molecule has 2 aliphatic rings. The average Bonchev–Trinajstić information content (AvgIpc) is 3.12. The number of nitro groups is 1. The SMILES string of the molecule is COC(=O)C1=C(C)N(C(N)C(C)(C=O)CC(=O)N2CCC(C(c3ccccc3)c3ccccc3)CC2)C(C)=CC1c1cccc([N+](=O)[O-])c1. The normalized spacial score (nSPS) is 18.8. The van der Waals surface area contributed by atoms with E-state index in [0.29, 0.717) is 36.0 Å². The lowest BCUT2D eigenvalue weighted by Gasteiger charge is -2.44. The number of allylic oxidation sites excluding steroid dienone is 3. The Morgan fingerprint density at radius 2 is 1.59 bits per heavy atom. The highest BCUT2D eigenvalue weighted by atomic mass is 16.6. The van der Waals surface area contributed by atoms with Crippen LogP contribution in [0.2, 0.25) is 0 Å². The van der Waals surface area contributed by atoms with Crippen molar-refractivity contribution in [2.24, 2.45) is 17.1 Å². The van der Waals surface area contributed by atoms with Gasteiger partial charge in [0.05, 0.1) is 29.2 Å². The van der Waals surface area contributed by atoms with Crippen LogP contribution in [0.5, 0.6) is 0 Å². The number of aldehydes is 1. The van der Waals surface area contributed by atoms with Gasteiger partial charge in [-0.1, -0.05) is 78.9 Å². The Kier molecular flexibility index (Phi) is 10.8. The van der Waals surface area contributed by atoms with E-state index < -0.39 is 28.4 Å². The smallest absolute Gasteiger partial charge is 0.336 e. The second-order valence-electron chi connectivity index (χ2n) is 13.3. The van der Waals surface area contributed by atoms with Gasteiger partial charge in [-0.2, -0.15) is 0 Å². The lowest BCUT2D eigenvalue weighted by molar-refractivity contribution is -0.384. The number of ether oxygens (including phenoxy) is 1. The number of amides is 1. The number of carbonyl (C=O) groups is 3. The second-order valence-corrected chi connectivity index (χ2v) is 13.3. The molecule has 10 heteroatoms. The van der Waals surface area contributed by atoms with Gasteiger partial charge in [0.1, 0.15) is 6.29 Å². The molecule has 3 unspecified atom stereocenters. The van der Waals surface area contributed by atoms with E-state index in [1.807, 2.05) is 17.0 Å². The van der Waals surface area contributed by atoms with E-state index in [2.05, 4.69) is 48.5 Å². The summed E-state index contributed by atoms with van der Waals surface area (Å²) in [5.41, 5.74) is 9.83. The van der Waals surface area contributed by atoms with Gasteiger partial charge >= 0.3 is 5.97 Å². The average molecular weight is 665 g/mol. The highest BCUT2D eigenvalue weighted by Gasteiger charge is 2.43. The van der Waals surface area contributed by atoms with Crippen LogP contribution in [0.25, 0.3) is 0 Å². The van der Waals surface area contributed by atoms with Gasteiger partial charge in [0.25, 0.3) is 5.69 Å². The molecule has 1 amide bonds. The third-order valence-electron chi connectivity index (χ3n) is 10.1. The van der Waals surface area contributed by atoms with Crippen molar-refractivity contribution in [3.63, 3.8) is 0 Å². The molecule has 2 heterocycles. The quantitative estimate of drug-likeness (QED) is 0.109. The van der Waals surface area contributed by atoms with Gasteiger partial charge in [0, 0.05) is 54.9 Å². The molecule has 0 aromatic heterocycles. The fraction of sp³-hybridized carbons (Fsp3) is 0.359. The number of nitrogens with zero attached hydrogens (tertiary/aromatic N) is 3. The van der Waals surface area contributed by atoms with Crippen molar-refractivity contribution in [1.29, 1.82) is 0 Å². The van der Waals surface area contributed by atoms with Gasteiger partial charge < -0.3 is 25.1 Å². The Labute approximate surface area is 287 Å². The molecule has 3 aromatic carbocycles. The highest BCUT2D eigenvalue weighted by Crippen LogP contribution is 2.42. The van der Waals surface area contributed by atoms with Crippen molar-refractivity contribution in [1.82, 2.24) is 9.80 Å².